The molecule has 1 atom stereocenters. The van der Waals surface area contributed by atoms with Crippen molar-refractivity contribution in [1.82, 2.24) is 10.3 Å². The number of benzene rings is 1. The van der Waals surface area contributed by atoms with Gasteiger partial charge in [-0.15, -0.1) is 0 Å². The number of aromatic nitrogens is 1. The summed E-state index contributed by atoms with van der Waals surface area (Å²) in [6.45, 7) is 6.09. The standard InChI is InChI=1S/C20H24N2O4/c1-20(2,3)12-11-16(19(24)25)22-18(23)14-9-10-17(21-13-14)26-15-7-5-4-6-8-15/h4-10,13,16H,11-12H2,1-3H3,(H,22,23)(H,24,25)/t16-/m0/s1. The first-order valence-corrected chi connectivity index (χ1v) is 8.47. The highest BCUT2D eigenvalue weighted by Gasteiger charge is 2.23. The Labute approximate surface area is 153 Å². The molecule has 1 aromatic carbocycles. The number of carbonyl (C=O) groups excluding carboxylic acids is 1. The number of pyridine rings is 1. The molecule has 0 aliphatic heterocycles. The summed E-state index contributed by atoms with van der Waals surface area (Å²) in [4.78, 5) is 27.8. The summed E-state index contributed by atoms with van der Waals surface area (Å²) in [6.07, 6.45) is 2.43. The van der Waals surface area contributed by atoms with Crippen molar-refractivity contribution in [3.05, 3.63) is 54.2 Å². The topological polar surface area (TPSA) is 88.5 Å². The second kappa shape index (κ2) is 8.47. The summed E-state index contributed by atoms with van der Waals surface area (Å²) in [5.74, 6) is -0.509. The molecule has 0 bridgehead atoms. The molecule has 6 nitrogen and oxygen atoms in total. The van der Waals surface area contributed by atoms with E-state index < -0.39 is 17.9 Å². The van der Waals surface area contributed by atoms with Gasteiger partial charge in [-0.1, -0.05) is 39.0 Å². The molecule has 0 fully saturated rings. The Morgan fingerprint density at radius 3 is 2.38 bits per heavy atom. The van der Waals surface area contributed by atoms with Gasteiger partial charge in [0.15, 0.2) is 0 Å². The average molecular weight is 356 g/mol. The Kier molecular flexibility index (Phi) is 6.33. The molecule has 0 saturated carbocycles. The molecule has 1 heterocycles. The van der Waals surface area contributed by atoms with Crippen LogP contribution in [0.3, 0.4) is 0 Å². The van der Waals surface area contributed by atoms with Gasteiger partial charge in [0.1, 0.15) is 11.8 Å². The summed E-state index contributed by atoms with van der Waals surface area (Å²) < 4.78 is 5.57. The molecule has 1 aromatic heterocycles. The first kappa shape index (κ1) is 19.4. The van der Waals surface area contributed by atoms with E-state index in [1.807, 2.05) is 39.0 Å². The van der Waals surface area contributed by atoms with Gasteiger partial charge in [0.05, 0.1) is 5.56 Å². The highest BCUT2D eigenvalue weighted by Crippen LogP contribution is 2.22. The largest absolute Gasteiger partial charge is 0.480 e. The fourth-order valence-corrected chi connectivity index (χ4v) is 2.26. The fraction of sp³-hybridized carbons (Fsp3) is 0.350. The highest BCUT2D eigenvalue weighted by molar-refractivity contribution is 5.96. The van der Waals surface area contributed by atoms with Crippen LogP contribution in [0.15, 0.2) is 48.7 Å². The van der Waals surface area contributed by atoms with Gasteiger partial charge in [-0.25, -0.2) is 9.78 Å². The molecular formula is C20H24N2O4. The molecular weight excluding hydrogens is 332 g/mol. The average Bonchev–Trinajstić information content (AvgIpc) is 2.59. The zero-order valence-corrected chi connectivity index (χ0v) is 15.2. The van der Waals surface area contributed by atoms with Crippen LogP contribution in [0.25, 0.3) is 0 Å². The lowest BCUT2D eigenvalue weighted by molar-refractivity contribution is -0.139. The van der Waals surface area contributed by atoms with Gasteiger partial charge in [0.25, 0.3) is 5.91 Å². The number of hydrogen-bond acceptors (Lipinski definition) is 4. The molecule has 0 radical (unpaired) electrons. The van der Waals surface area contributed by atoms with Gasteiger partial charge < -0.3 is 15.2 Å². The number of aliphatic carboxylic acids is 1. The predicted molar refractivity (Wildman–Crippen MR) is 98.3 cm³/mol. The monoisotopic (exact) mass is 356 g/mol. The SMILES string of the molecule is CC(C)(C)CC[C@H](NC(=O)c1ccc(Oc2ccccc2)nc1)C(=O)O. The molecule has 0 unspecified atom stereocenters. The van der Waals surface area contributed by atoms with Crippen LogP contribution in [0.2, 0.25) is 0 Å². The first-order valence-electron chi connectivity index (χ1n) is 8.47. The number of amides is 1. The Balaban J connectivity index is 1.98. The number of para-hydroxylation sites is 1. The minimum atomic E-state index is -1.04. The van der Waals surface area contributed by atoms with Crippen LogP contribution >= 0.6 is 0 Å². The van der Waals surface area contributed by atoms with Crippen LogP contribution in [-0.4, -0.2) is 28.0 Å². The van der Waals surface area contributed by atoms with Crippen molar-refractivity contribution >= 4 is 11.9 Å². The third-order valence-electron chi connectivity index (χ3n) is 3.75. The molecule has 2 aromatic rings. The van der Waals surface area contributed by atoms with Gasteiger partial charge in [-0.2, -0.15) is 0 Å². The number of ether oxygens (including phenoxy) is 1. The van der Waals surface area contributed by atoms with Crippen LogP contribution in [-0.2, 0) is 4.79 Å². The van der Waals surface area contributed by atoms with E-state index in [9.17, 15) is 14.7 Å². The molecule has 0 aliphatic carbocycles. The number of nitrogens with zero attached hydrogens (tertiary/aromatic N) is 1. The lowest BCUT2D eigenvalue weighted by Crippen LogP contribution is -2.41. The van der Waals surface area contributed by atoms with Crippen molar-refractivity contribution in [2.24, 2.45) is 5.41 Å². The molecule has 0 saturated heterocycles. The van der Waals surface area contributed by atoms with E-state index in [2.05, 4.69) is 10.3 Å². The Morgan fingerprint density at radius 1 is 1.15 bits per heavy atom. The van der Waals surface area contributed by atoms with Crippen molar-refractivity contribution < 1.29 is 19.4 Å². The van der Waals surface area contributed by atoms with Crippen LogP contribution in [0.5, 0.6) is 11.6 Å². The van der Waals surface area contributed by atoms with E-state index in [0.717, 1.165) is 0 Å². The number of carbonyl (C=O) groups is 2. The van der Waals surface area contributed by atoms with Crippen LogP contribution < -0.4 is 10.1 Å². The summed E-state index contributed by atoms with van der Waals surface area (Å²) in [5, 5.41) is 11.9. The van der Waals surface area contributed by atoms with Crippen molar-refractivity contribution in [1.29, 1.82) is 0 Å². The van der Waals surface area contributed by atoms with Crippen molar-refractivity contribution in [3.8, 4) is 11.6 Å². The third kappa shape index (κ3) is 6.20. The molecule has 2 rings (SSSR count). The molecule has 0 spiro atoms. The van der Waals surface area contributed by atoms with E-state index in [1.54, 1.807) is 24.3 Å². The first-order chi connectivity index (χ1) is 12.2. The van der Waals surface area contributed by atoms with Gasteiger partial charge in [-0.05, 0) is 36.5 Å². The maximum absolute atomic E-state index is 12.3. The molecule has 6 heteroatoms. The Morgan fingerprint density at radius 2 is 1.85 bits per heavy atom. The number of rotatable bonds is 7. The number of nitrogens with one attached hydrogen (secondary N) is 1. The van der Waals surface area contributed by atoms with E-state index >= 15 is 0 Å². The third-order valence-corrected chi connectivity index (χ3v) is 3.75. The van der Waals surface area contributed by atoms with E-state index in [0.29, 0.717) is 24.5 Å². The van der Waals surface area contributed by atoms with Crippen LogP contribution in [0, 0.1) is 5.41 Å². The Hall–Kier alpha value is -2.89. The predicted octanol–water partition coefficient (Wildman–Crippen LogP) is 3.88. The zero-order valence-electron chi connectivity index (χ0n) is 15.2. The molecule has 138 valence electrons. The smallest absolute Gasteiger partial charge is 0.326 e. The Bertz CT molecular complexity index is 737. The van der Waals surface area contributed by atoms with Crippen molar-refractivity contribution in [3.63, 3.8) is 0 Å². The second-order valence-corrected chi connectivity index (χ2v) is 7.26. The molecule has 26 heavy (non-hydrogen) atoms. The van der Waals surface area contributed by atoms with Crippen LogP contribution in [0.4, 0.5) is 0 Å². The highest BCUT2D eigenvalue weighted by atomic mass is 16.5. The lowest BCUT2D eigenvalue weighted by Gasteiger charge is -2.21. The maximum Gasteiger partial charge on any atom is 0.326 e. The lowest BCUT2D eigenvalue weighted by atomic mass is 9.88. The molecule has 2 N–H and O–H groups in total. The zero-order chi connectivity index (χ0) is 19.2. The van der Waals surface area contributed by atoms with E-state index in [1.165, 1.54) is 6.20 Å². The van der Waals surface area contributed by atoms with Gasteiger partial charge in [0.2, 0.25) is 5.88 Å². The quantitative estimate of drug-likeness (QED) is 0.786. The summed E-state index contributed by atoms with van der Waals surface area (Å²) in [7, 11) is 0. The summed E-state index contributed by atoms with van der Waals surface area (Å²) >= 11 is 0. The molecule has 1 amide bonds. The van der Waals surface area contributed by atoms with Gasteiger partial charge in [-0.3, -0.25) is 4.79 Å². The normalized spacial score (nSPS) is 12.3. The number of carboxylic acid groups (broad SMARTS) is 1. The number of carboxylic acids is 1. The fourth-order valence-electron chi connectivity index (χ4n) is 2.26. The van der Waals surface area contributed by atoms with Gasteiger partial charge >= 0.3 is 5.97 Å². The summed E-state index contributed by atoms with van der Waals surface area (Å²) in [5.41, 5.74) is 0.281. The van der Waals surface area contributed by atoms with Crippen molar-refractivity contribution in [2.75, 3.05) is 0 Å². The molecule has 0 aliphatic rings. The minimum absolute atomic E-state index is 0.00356. The summed E-state index contributed by atoms with van der Waals surface area (Å²) in [6, 6.07) is 11.4. The van der Waals surface area contributed by atoms with Gasteiger partial charge in [0, 0.05) is 12.3 Å². The van der Waals surface area contributed by atoms with E-state index in [-0.39, 0.29) is 11.0 Å². The van der Waals surface area contributed by atoms with E-state index in [4.69, 9.17) is 4.74 Å². The maximum atomic E-state index is 12.3. The minimum Gasteiger partial charge on any atom is -0.480 e. The second-order valence-electron chi connectivity index (χ2n) is 7.26. The number of hydrogen-bond donors (Lipinski definition) is 2. The van der Waals surface area contributed by atoms with Crippen molar-refractivity contribution in [2.45, 2.75) is 39.7 Å². The van der Waals surface area contributed by atoms with Crippen LogP contribution in [0.1, 0.15) is 44.0 Å².